The lowest BCUT2D eigenvalue weighted by molar-refractivity contribution is 0.0528. The molecule has 2 aliphatic heterocycles. The van der Waals surface area contributed by atoms with Crippen molar-refractivity contribution in [1.29, 1.82) is 0 Å². The Labute approximate surface area is 229 Å². The van der Waals surface area contributed by atoms with Gasteiger partial charge in [0.2, 0.25) is 10.0 Å². The monoisotopic (exact) mass is 559 g/mol. The summed E-state index contributed by atoms with van der Waals surface area (Å²) in [4.78, 5) is 22.5. The van der Waals surface area contributed by atoms with Gasteiger partial charge in [-0.3, -0.25) is 9.52 Å². The van der Waals surface area contributed by atoms with E-state index in [2.05, 4.69) is 19.8 Å². The van der Waals surface area contributed by atoms with Gasteiger partial charge in [-0.05, 0) is 68.4 Å². The molecule has 1 saturated carbocycles. The van der Waals surface area contributed by atoms with Gasteiger partial charge in [0.1, 0.15) is 5.82 Å². The Morgan fingerprint density at radius 2 is 1.92 bits per heavy atom. The minimum absolute atomic E-state index is 0.0544. The number of amides is 1. The van der Waals surface area contributed by atoms with Crippen molar-refractivity contribution in [2.45, 2.75) is 38.7 Å². The summed E-state index contributed by atoms with van der Waals surface area (Å²) in [6, 6.07) is 8.41. The summed E-state index contributed by atoms with van der Waals surface area (Å²) in [5, 5.41) is 12.0. The molecule has 1 aliphatic carbocycles. The van der Waals surface area contributed by atoms with E-state index in [1.54, 1.807) is 37.4 Å². The maximum absolute atomic E-state index is 13.6. The summed E-state index contributed by atoms with van der Waals surface area (Å²) in [6.07, 6.45) is 4.66. The standard InChI is InChI=1S/C27H37N5O6S/c1-19-18-32(13-15-38-19)25-23(37-2)5-6-24(28-25)29-26(34)21-4-3-20(30-39(35,36)16-14-33)17-22(21)31-11-9-27(7-8-27)10-12-31/h3-6,17,19,30,33H,7-16,18H2,1-2H3,(H,28,29,34)/t19-/m1/s1. The molecule has 1 aromatic carbocycles. The number of aliphatic hydroxyl groups is 1. The number of hydrogen-bond donors (Lipinski definition) is 3. The molecule has 11 nitrogen and oxygen atoms in total. The number of pyridine rings is 1. The van der Waals surface area contributed by atoms with Crippen LogP contribution in [0.3, 0.4) is 0 Å². The van der Waals surface area contributed by atoms with Crippen LogP contribution in [0.2, 0.25) is 0 Å². The Bertz CT molecular complexity index is 1310. The van der Waals surface area contributed by atoms with Gasteiger partial charge >= 0.3 is 0 Å². The summed E-state index contributed by atoms with van der Waals surface area (Å²) in [6.45, 7) is 5.04. The fourth-order valence-corrected chi connectivity index (χ4v) is 6.21. The van der Waals surface area contributed by atoms with Crippen LogP contribution in [0.5, 0.6) is 5.75 Å². The van der Waals surface area contributed by atoms with Crippen LogP contribution in [0.1, 0.15) is 43.0 Å². The molecule has 12 heteroatoms. The molecule has 0 unspecified atom stereocenters. The maximum atomic E-state index is 13.6. The molecular formula is C27H37N5O6S. The molecule has 5 rings (SSSR count). The number of morpholine rings is 1. The van der Waals surface area contributed by atoms with Crippen LogP contribution in [0.25, 0.3) is 0 Å². The van der Waals surface area contributed by atoms with Gasteiger partial charge in [0.15, 0.2) is 11.6 Å². The molecule has 3 aliphatic rings. The van der Waals surface area contributed by atoms with Gasteiger partial charge in [0, 0.05) is 26.2 Å². The zero-order valence-corrected chi connectivity index (χ0v) is 23.3. The highest BCUT2D eigenvalue weighted by Gasteiger charge is 2.44. The van der Waals surface area contributed by atoms with Crippen molar-refractivity contribution in [1.82, 2.24) is 4.98 Å². The van der Waals surface area contributed by atoms with E-state index >= 15 is 0 Å². The normalized spacial score (nSPS) is 20.5. The Balaban J connectivity index is 1.41. The van der Waals surface area contributed by atoms with Gasteiger partial charge in [-0.2, -0.15) is 0 Å². The Hall–Kier alpha value is -3.09. The summed E-state index contributed by atoms with van der Waals surface area (Å²) in [5.41, 5.74) is 1.90. The lowest BCUT2D eigenvalue weighted by Gasteiger charge is -2.35. The van der Waals surface area contributed by atoms with Crippen molar-refractivity contribution in [2.75, 3.05) is 72.1 Å². The molecule has 1 atom stereocenters. The van der Waals surface area contributed by atoms with E-state index in [9.17, 15) is 13.2 Å². The number of aliphatic hydroxyl groups excluding tert-OH is 1. The van der Waals surface area contributed by atoms with E-state index in [0.717, 1.165) is 25.9 Å². The van der Waals surface area contributed by atoms with Crippen molar-refractivity contribution in [3.63, 3.8) is 0 Å². The average Bonchev–Trinajstić information content (AvgIpc) is 3.67. The summed E-state index contributed by atoms with van der Waals surface area (Å²) in [5.74, 6) is 0.920. The zero-order valence-electron chi connectivity index (χ0n) is 22.5. The molecule has 1 spiro atoms. The molecule has 3 fully saturated rings. The molecule has 39 heavy (non-hydrogen) atoms. The number of hydrogen-bond acceptors (Lipinski definition) is 9. The van der Waals surface area contributed by atoms with E-state index in [1.165, 1.54) is 12.8 Å². The van der Waals surface area contributed by atoms with E-state index in [-0.39, 0.29) is 12.0 Å². The number of sulfonamides is 1. The SMILES string of the molecule is COc1ccc(NC(=O)c2ccc(NS(=O)(=O)CCO)cc2N2CCC3(CC2)CC3)nc1N1CCO[C@H](C)C1. The predicted octanol–water partition coefficient (Wildman–Crippen LogP) is 2.68. The number of anilines is 4. The van der Waals surface area contributed by atoms with Gasteiger partial charge in [-0.15, -0.1) is 0 Å². The van der Waals surface area contributed by atoms with E-state index in [1.807, 2.05) is 6.92 Å². The lowest BCUT2D eigenvalue weighted by Crippen LogP contribution is -2.41. The van der Waals surface area contributed by atoms with Crippen molar-refractivity contribution in [3.05, 3.63) is 35.9 Å². The van der Waals surface area contributed by atoms with Crippen LogP contribution in [-0.2, 0) is 14.8 Å². The van der Waals surface area contributed by atoms with Gasteiger partial charge in [-0.1, -0.05) is 0 Å². The number of nitrogens with zero attached hydrogens (tertiary/aromatic N) is 3. The number of nitrogens with one attached hydrogen (secondary N) is 2. The molecule has 3 N–H and O–H groups in total. The Morgan fingerprint density at radius 3 is 2.59 bits per heavy atom. The minimum Gasteiger partial charge on any atom is -0.493 e. The largest absolute Gasteiger partial charge is 0.493 e. The molecule has 1 aromatic heterocycles. The van der Waals surface area contributed by atoms with E-state index in [0.29, 0.717) is 59.4 Å². The highest BCUT2D eigenvalue weighted by molar-refractivity contribution is 7.92. The van der Waals surface area contributed by atoms with Gasteiger partial charge in [0.25, 0.3) is 5.91 Å². The molecule has 2 aromatic rings. The smallest absolute Gasteiger partial charge is 0.258 e. The van der Waals surface area contributed by atoms with Crippen molar-refractivity contribution in [2.24, 2.45) is 5.41 Å². The quantitative estimate of drug-likeness (QED) is 0.424. The molecule has 0 bridgehead atoms. The zero-order chi connectivity index (χ0) is 27.6. The van der Waals surface area contributed by atoms with Gasteiger partial charge in [0.05, 0.1) is 49.1 Å². The van der Waals surface area contributed by atoms with Crippen LogP contribution in [-0.4, -0.2) is 82.8 Å². The second kappa shape index (κ2) is 11.2. The molecular weight excluding hydrogens is 522 g/mol. The first kappa shape index (κ1) is 27.5. The number of rotatable bonds is 9. The number of aromatic nitrogens is 1. The maximum Gasteiger partial charge on any atom is 0.258 e. The number of benzene rings is 1. The number of ether oxygens (including phenoxy) is 2. The summed E-state index contributed by atoms with van der Waals surface area (Å²) in [7, 11) is -2.11. The molecule has 2 saturated heterocycles. The first-order valence-corrected chi connectivity index (χ1v) is 15.1. The number of methoxy groups -OCH3 is 1. The van der Waals surface area contributed by atoms with E-state index in [4.69, 9.17) is 19.6 Å². The van der Waals surface area contributed by atoms with Crippen LogP contribution < -0.4 is 24.6 Å². The number of piperidine rings is 1. The summed E-state index contributed by atoms with van der Waals surface area (Å²) < 4.78 is 38.3. The topological polar surface area (TPSA) is 133 Å². The van der Waals surface area contributed by atoms with Crippen molar-refractivity contribution >= 4 is 38.9 Å². The van der Waals surface area contributed by atoms with Crippen molar-refractivity contribution in [3.8, 4) is 5.75 Å². The second-order valence-corrected chi connectivity index (χ2v) is 12.5. The summed E-state index contributed by atoms with van der Waals surface area (Å²) >= 11 is 0. The van der Waals surface area contributed by atoms with Crippen LogP contribution in [0.15, 0.2) is 30.3 Å². The third-order valence-electron chi connectivity index (χ3n) is 7.84. The van der Waals surface area contributed by atoms with Crippen molar-refractivity contribution < 1.29 is 27.8 Å². The third-order valence-corrected chi connectivity index (χ3v) is 9.11. The number of carbonyl (C=O) groups excluding carboxylic acids is 1. The second-order valence-electron chi connectivity index (χ2n) is 10.7. The predicted molar refractivity (Wildman–Crippen MR) is 150 cm³/mol. The third kappa shape index (κ3) is 6.39. The highest BCUT2D eigenvalue weighted by Crippen LogP contribution is 2.54. The van der Waals surface area contributed by atoms with Crippen LogP contribution in [0.4, 0.5) is 23.0 Å². The fraction of sp³-hybridized carbons (Fsp3) is 0.556. The molecule has 3 heterocycles. The van der Waals surface area contributed by atoms with Crippen LogP contribution >= 0.6 is 0 Å². The minimum atomic E-state index is -3.70. The first-order chi connectivity index (χ1) is 18.7. The molecule has 212 valence electrons. The van der Waals surface area contributed by atoms with Crippen LogP contribution in [0, 0.1) is 5.41 Å². The number of carbonyl (C=O) groups is 1. The van der Waals surface area contributed by atoms with Gasteiger partial charge in [-0.25, -0.2) is 13.4 Å². The van der Waals surface area contributed by atoms with E-state index < -0.39 is 22.4 Å². The highest BCUT2D eigenvalue weighted by atomic mass is 32.2. The lowest BCUT2D eigenvalue weighted by atomic mass is 9.93. The Kier molecular flexibility index (Phi) is 7.88. The Morgan fingerprint density at radius 1 is 1.15 bits per heavy atom. The van der Waals surface area contributed by atoms with Gasteiger partial charge < -0.3 is 29.7 Å². The average molecular weight is 560 g/mol. The molecule has 1 amide bonds. The first-order valence-electron chi connectivity index (χ1n) is 13.4. The fourth-order valence-electron chi connectivity index (χ4n) is 5.38. The molecule has 0 radical (unpaired) electrons.